The van der Waals surface area contributed by atoms with E-state index in [0.29, 0.717) is 43.1 Å². The fourth-order valence-electron chi connectivity index (χ4n) is 3.97. The maximum atomic E-state index is 13.0. The molecule has 7 nitrogen and oxygen atoms in total. The Morgan fingerprint density at radius 3 is 2.13 bits per heavy atom. The number of rotatable bonds is 3. The summed E-state index contributed by atoms with van der Waals surface area (Å²) in [6.07, 6.45) is 2.36. The van der Waals surface area contributed by atoms with Crippen LogP contribution in [-0.2, 0) is 0 Å². The molecule has 2 amide bonds. The zero-order valence-electron chi connectivity index (χ0n) is 18.2. The standard InChI is InChI=1S/C24H27N5O2/c1-17-6-4-7-20(14-17)23(30)27-10-5-11-28(13-12-27)24(31)21-8-9-22(25-16-21)29-19(3)15-18(2)26-29/h4,6-9,14-16H,5,10-13H2,1-3H3. The first-order chi connectivity index (χ1) is 14.9. The van der Waals surface area contributed by atoms with Gasteiger partial charge >= 0.3 is 0 Å². The highest BCUT2D eigenvalue weighted by Crippen LogP contribution is 2.15. The number of aromatic nitrogens is 3. The van der Waals surface area contributed by atoms with Crippen LogP contribution in [0.3, 0.4) is 0 Å². The minimum absolute atomic E-state index is 0.0221. The molecule has 0 N–H and O–H groups in total. The molecule has 0 radical (unpaired) electrons. The van der Waals surface area contributed by atoms with Crippen molar-refractivity contribution in [3.05, 3.63) is 76.7 Å². The van der Waals surface area contributed by atoms with Gasteiger partial charge in [0.1, 0.15) is 0 Å². The predicted molar refractivity (Wildman–Crippen MR) is 118 cm³/mol. The number of benzene rings is 1. The molecule has 31 heavy (non-hydrogen) atoms. The van der Waals surface area contributed by atoms with Gasteiger partial charge in [0.05, 0.1) is 11.3 Å². The highest BCUT2D eigenvalue weighted by molar-refractivity contribution is 5.95. The van der Waals surface area contributed by atoms with E-state index in [1.807, 2.05) is 67.0 Å². The molecule has 0 bridgehead atoms. The molecule has 1 aliphatic heterocycles. The van der Waals surface area contributed by atoms with Crippen molar-refractivity contribution >= 4 is 11.8 Å². The molecule has 0 atom stereocenters. The zero-order chi connectivity index (χ0) is 22.0. The molecule has 0 spiro atoms. The fourth-order valence-corrected chi connectivity index (χ4v) is 3.97. The zero-order valence-corrected chi connectivity index (χ0v) is 18.2. The minimum atomic E-state index is -0.0581. The second-order valence-electron chi connectivity index (χ2n) is 8.05. The van der Waals surface area contributed by atoms with Crippen LogP contribution in [0.5, 0.6) is 0 Å². The molecule has 2 aromatic heterocycles. The van der Waals surface area contributed by atoms with Crippen molar-refractivity contribution in [3.63, 3.8) is 0 Å². The van der Waals surface area contributed by atoms with Crippen molar-refractivity contribution in [1.29, 1.82) is 0 Å². The second kappa shape index (κ2) is 8.71. The largest absolute Gasteiger partial charge is 0.337 e. The minimum Gasteiger partial charge on any atom is -0.337 e. The Bertz CT molecular complexity index is 1100. The maximum Gasteiger partial charge on any atom is 0.255 e. The van der Waals surface area contributed by atoms with Crippen LogP contribution in [0, 0.1) is 20.8 Å². The first-order valence-corrected chi connectivity index (χ1v) is 10.6. The van der Waals surface area contributed by atoms with Gasteiger partial charge in [-0.1, -0.05) is 17.7 Å². The van der Waals surface area contributed by atoms with E-state index in [1.165, 1.54) is 0 Å². The summed E-state index contributed by atoms with van der Waals surface area (Å²) in [7, 11) is 0. The lowest BCUT2D eigenvalue weighted by Gasteiger charge is -2.22. The average Bonchev–Trinajstić information content (AvgIpc) is 2.96. The van der Waals surface area contributed by atoms with Crippen molar-refractivity contribution in [2.24, 2.45) is 0 Å². The molecule has 7 heteroatoms. The summed E-state index contributed by atoms with van der Waals surface area (Å²) in [4.78, 5) is 34.0. The number of carbonyl (C=O) groups excluding carboxylic acids is 2. The van der Waals surface area contributed by atoms with Crippen LogP contribution in [0.2, 0.25) is 0 Å². The second-order valence-corrected chi connectivity index (χ2v) is 8.05. The van der Waals surface area contributed by atoms with Gasteiger partial charge in [0, 0.05) is 43.6 Å². The van der Waals surface area contributed by atoms with E-state index in [9.17, 15) is 9.59 Å². The Balaban J connectivity index is 1.42. The third-order valence-electron chi connectivity index (χ3n) is 5.56. The van der Waals surface area contributed by atoms with E-state index in [-0.39, 0.29) is 11.8 Å². The van der Waals surface area contributed by atoms with E-state index in [2.05, 4.69) is 10.1 Å². The molecule has 0 unspecified atom stereocenters. The van der Waals surface area contributed by atoms with Crippen molar-refractivity contribution in [2.45, 2.75) is 27.2 Å². The number of amides is 2. The molecule has 4 rings (SSSR count). The van der Waals surface area contributed by atoms with Gasteiger partial charge in [-0.15, -0.1) is 0 Å². The topological polar surface area (TPSA) is 71.3 Å². The highest BCUT2D eigenvalue weighted by atomic mass is 16.2. The number of nitrogens with zero attached hydrogens (tertiary/aromatic N) is 5. The van der Waals surface area contributed by atoms with Crippen LogP contribution < -0.4 is 0 Å². The van der Waals surface area contributed by atoms with Crippen LogP contribution in [0.4, 0.5) is 0 Å². The fraction of sp³-hybridized carbons (Fsp3) is 0.333. The van der Waals surface area contributed by atoms with Gasteiger partial charge in [-0.05, 0) is 57.5 Å². The average molecular weight is 418 g/mol. The Hall–Kier alpha value is -3.48. The Labute approximate surface area is 182 Å². The van der Waals surface area contributed by atoms with E-state index in [4.69, 9.17) is 0 Å². The molecule has 0 aliphatic carbocycles. The SMILES string of the molecule is Cc1cccc(C(=O)N2CCCN(C(=O)c3ccc(-n4nc(C)cc4C)nc3)CC2)c1. The van der Waals surface area contributed by atoms with E-state index in [1.54, 1.807) is 16.9 Å². The monoisotopic (exact) mass is 417 g/mol. The summed E-state index contributed by atoms with van der Waals surface area (Å²) >= 11 is 0. The van der Waals surface area contributed by atoms with Crippen molar-refractivity contribution < 1.29 is 9.59 Å². The van der Waals surface area contributed by atoms with Crippen LogP contribution in [0.15, 0.2) is 48.7 Å². The van der Waals surface area contributed by atoms with E-state index in [0.717, 1.165) is 23.4 Å². The van der Waals surface area contributed by atoms with Crippen LogP contribution in [0.25, 0.3) is 5.82 Å². The molecule has 1 aliphatic rings. The van der Waals surface area contributed by atoms with E-state index < -0.39 is 0 Å². The van der Waals surface area contributed by atoms with Crippen LogP contribution >= 0.6 is 0 Å². The molecule has 3 heterocycles. The lowest BCUT2D eigenvalue weighted by molar-refractivity contribution is 0.0718. The van der Waals surface area contributed by atoms with Gasteiger partial charge in [-0.25, -0.2) is 9.67 Å². The number of hydrogen-bond acceptors (Lipinski definition) is 4. The van der Waals surface area contributed by atoms with Gasteiger partial charge in [-0.3, -0.25) is 9.59 Å². The smallest absolute Gasteiger partial charge is 0.255 e. The maximum absolute atomic E-state index is 13.0. The quantitative estimate of drug-likeness (QED) is 0.656. The summed E-state index contributed by atoms with van der Waals surface area (Å²) in [6.45, 7) is 8.19. The molecular formula is C24H27N5O2. The Kier molecular flexibility index (Phi) is 5.84. The lowest BCUT2D eigenvalue weighted by atomic mass is 10.1. The summed E-state index contributed by atoms with van der Waals surface area (Å²) in [6, 6.07) is 13.2. The lowest BCUT2D eigenvalue weighted by Crippen LogP contribution is -2.37. The molecule has 1 aromatic carbocycles. The predicted octanol–water partition coefficient (Wildman–Crippen LogP) is 3.18. The highest BCUT2D eigenvalue weighted by Gasteiger charge is 2.24. The summed E-state index contributed by atoms with van der Waals surface area (Å²) < 4.78 is 1.77. The molecular weight excluding hydrogens is 390 g/mol. The van der Waals surface area contributed by atoms with Gasteiger partial charge < -0.3 is 9.80 Å². The molecule has 1 saturated heterocycles. The van der Waals surface area contributed by atoms with Crippen molar-refractivity contribution in [1.82, 2.24) is 24.6 Å². The van der Waals surface area contributed by atoms with Gasteiger partial charge in [0.2, 0.25) is 0 Å². The van der Waals surface area contributed by atoms with Gasteiger partial charge in [-0.2, -0.15) is 5.10 Å². The Morgan fingerprint density at radius 2 is 1.55 bits per heavy atom. The molecule has 0 saturated carbocycles. The number of aryl methyl sites for hydroxylation is 3. The third-order valence-corrected chi connectivity index (χ3v) is 5.56. The van der Waals surface area contributed by atoms with Crippen LogP contribution in [-0.4, -0.2) is 62.6 Å². The normalized spacial score (nSPS) is 14.4. The number of carbonyl (C=O) groups is 2. The third kappa shape index (κ3) is 4.50. The summed E-state index contributed by atoms with van der Waals surface area (Å²) in [5, 5.41) is 4.43. The van der Waals surface area contributed by atoms with Crippen molar-refractivity contribution in [3.8, 4) is 5.82 Å². The molecule has 3 aromatic rings. The van der Waals surface area contributed by atoms with Gasteiger partial charge in [0.15, 0.2) is 5.82 Å². The first kappa shape index (κ1) is 20.8. The molecule has 160 valence electrons. The number of pyridine rings is 1. The summed E-state index contributed by atoms with van der Waals surface area (Å²) in [5.74, 6) is 0.652. The Morgan fingerprint density at radius 1 is 0.839 bits per heavy atom. The van der Waals surface area contributed by atoms with E-state index >= 15 is 0 Å². The number of hydrogen-bond donors (Lipinski definition) is 0. The van der Waals surface area contributed by atoms with Gasteiger partial charge in [0.25, 0.3) is 11.8 Å². The van der Waals surface area contributed by atoms with Crippen LogP contribution in [0.1, 0.15) is 44.1 Å². The molecule has 1 fully saturated rings. The van der Waals surface area contributed by atoms with Crippen molar-refractivity contribution in [2.75, 3.05) is 26.2 Å². The first-order valence-electron chi connectivity index (χ1n) is 10.6. The summed E-state index contributed by atoms with van der Waals surface area (Å²) in [5.41, 5.74) is 4.23.